The number of allylic oxidation sites excluding steroid dienone is 1. The molecule has 1 aliphatic carbocycles. The third-order valence-electron chi connectivity index (χ3n) is 5.79. The summed E-state index contributed by atoms with van der Waals surface area (Å²) in [6, 6.07) is 3.37. The van der Waals surface area contributed by atoms with Crippen molar-refractivity contribution in [1.82, 2.24) is 0 Å². The van der Waals surface area contributed by atoms with Crippen molar-refractivity contribution in [1.29, 1.82) is 0 Å². The Morgan fingerprint density at radius 3 is 2.71 bits per heavy atom. The molecule has 1 aromatic rings. The zero-order valence-corrected chi connectivity index (χ0v) is 14.6. The Kier molecular flexibility index (Phi) is 4.20. The van der Waals surface area contributed by atoms with Gasteiger partial charge in [0.1, 0.15) is 0 Å². The van der Waals surface area contributed by atoms with E-state index in [9.17, 15) is 15.0 Å². The average molecular weight is 330 g/mol. The summed E-state index contributed by atoms with van der Waals surface area (Å²) < 4.78 is 6.30. The van der Waals surface area contributed by atoms with Crippen molar-refractivity contribution in [3.63, 3.8) is 0 Å². The van der Waals surface area contributed by atoms with Crippen LogP contribution in [0.15, 0.2) is 24.3 Å². The standard InChI is InChI=1S/C20H26O4/c1-4-14-6-7-16(22)18(23)17(14)19-9-5-11-24-20(19,13(2)3)10-8-15(21)12-19/h6-8,10,13,22-23H,4-5,9,11-12H2,1-3H3. The summed E-state index contributed by atoms with van der Waals surface area (Å²) in [5, 5.41) is 20.9. The fourth-order valence-corrected chi connectivity index (χ4v) is 4.73. The number of hydrogen-bond donors (Lipinski definition) is 2. The first-order valence-electron chi connectivity index (χ1n) is 8.78. The average Bonchev–Trinajstić information content (AvgIpc) is 2.56. The van der Waals surface area contributed by atoms with Crippen LogP contribution in [0.2, 0.25) is 0 Å². The molecule has 4 nitrogen and oxygen atoms in total. The van der Waals surface area contributed by atoms with Crippen LogP contribution in [0.5, 0.6) is 11.5 Å². The number of benzene rings is 1. The van der Waals surface area contributed by atoms with E-state index in [1.54, 1.807) is 6.08 Å². The molecule has 1 aliphatic heterocycles. The van der Waals surface area contributed by atoms with E-state index in [1.165, 1.54) is 6.07 Å². The summed E-state index contributed by atoms with van der Waals surface area (Å²) in [7, 11) is 0. The molecule has 1 heterocycles. The highest BCUT2D eigenvalue weighted by atomic mass is 16.5. The van der Waals surface area contributed by atoms with Crippen molar-refractivity contribution in [2.45, 2.75) is 57.5 Å². The lowest BCUT2D eigenvalue weighted by atomic mass is 9.54. The minimum atomic E-state index is -0.644. The Morgan fingerprint density at radius 1 is 1.29 bits per heavy atom. The van der Waals surface area contributed by atoms with Gasteiger partial charge in [0.25, 0.3) is 0 Å². The van der Waals surface area contributed by atoms with Gasteiger partial charge < -0.3 is 14.9 Å². The zero-order chi connectivity index (χ0) is 17.5. The fourth-order valence-electron chi connectivity index (χ4n) is 4.73. The van der Waals surface area contributed by atoms with Gasteiger partial charge >= 0.3 is 0 Å². The lowest BCUT2D eigenvalue weighted by Crippen LogP contribution is -2.61. The van der Waals surface area contributed by atoms with Crippen LogP contribution in [-0.4, -0.2) is 28.2 Å². The molecule has 0 aromatic heterocycles. The topological polar surface area (TPSA) is 66.8 Å². The van der Waals surface area contributed by atoms with Crippen molar-refractivity contribution >= 4 is 5.78 Å². The number of rotatable bonds is 3. The van der Waals surface area contributed by atoms with Crippen molar-refractivity contribution in [2.24, 2.45) is 5.92 Å². The summed E-state index contributed by atoms with van der Waals surface area (Å²) >= 11 is 0. The van der Waals surface area contributed by atoms with E-state index in [4.69, 9.17) is 4.74 Å². The lowest BCUT2D eigenvalue weighted by Gasteiger charge is -2.56. The second kappa shape index (κ2) is 5.92. The fraction of sp³-hybridized carbons (Fsp3) is 0.550. The Hall–Kier alpha value is -1.81. The van der Waals surface area contributed by atoms with Crippen LogP contribution in [0.1, 0.15) is 51.2 Å². The molecule has 0 spiro atoms. The molecule has 2 aliphatic rings. The second-order valence-corrected chi connectivity index (χ2v) is 7.28. The number of phenols is 2. The van der Waals surface area contributed by atoms with Gasteiger partial charge in [-0.25, -0.2) is 0 Å². The predicted octanol–water partition coefficient (Wildman–Crippen LogP) is 3.63. The SMILES string of the molecule is CCc1ccc(O)c(O)c1C12CCCOC1(C(C)C)C=CC(=O)C2. The Labute approximate surface area is 143 Å². The quantitative estimate of drug-likeness (QED) is 0.831. The van der Waals surface area contributed by atoms with E-state index in [0.29, 0.717) is 18.6 Å². The van der Waals surface area contributed by atoms with Crippen LogP contribution in [0.3, 0.4) is 0 Å². The maximum Gasteiger partial charge on any atom is 0.161 e. The van der Waals surface area contributed by atoms with E-state index < -0.39 is 11.0 Å². The number of carbonyl (C=O) groups excluding carboxylic acids is 1. The number of ketones is 1. The molecule has 1 saturated heterocycles. The van der Waals surface area contributed by atoms with E-state index in [-0.39, 0.29) is 23.2 Å². The minimum absolute atomic E-state index is 0.0431. The van der Waals surface area contributed by atoms with Crippen molar-refractivity contribution < 1.29 is 19.7 Å². The van der Waals surface area contributed by atoms with E-state index >= 15 is 0 Å². The first-order valence-corrected chi connectivity index (χ1v) is 8.78. The molecule has 0 bridgehead atoms. The van der Waals surface area contributed by atoms with E-state index in [0.717, 1.165) is 24.8 Å². The predicted molar refractivity (Wildman–Crippen MR) is 92.3 cm³/mol. The highest BCUT2D eigenvalue weighted by Gasteiger charge is 2.59. The highest BCUT2D eigenvalue weighted by Crippen LogP contribution is 2.57. The normalized spacial score (nSPS) is 29.8. The molecule has 4 heteroatoms. The first-order chi connectivity index (χ1) is 11.4. The van der Waals surface area contributed by atoms with Gasteiger partial charge in [0, 0.05) is 24.0 Å². The van der Waals surface area contributed by atoms with Gasteiger partial charge in [-0.2, -0.15) is 0 Å². The molecule has 2 N–H and O–H groups in total. The number of aromatic hydroxyl groups is 2. The summed E-state index contributed by atoms with van der Waals surface area (Å²) in [6.07, 6.45) is 6.11. The highest BCUT2D eigenvalue weighted by molar-refractivity contribution is 5.93. The molecule has 0 amide bonds. The Balaban J connectivity index is 2.35. The van der Waals surface area contributed by atoms with Crippen LogP contribution in [0.4, 0.5) is 0 Å². The smallest absolute Gasteiger partial charge is 0.161 e. The second-order valence-electron chi connectivity index (χ2n) is 7.28. The van der Waals surface area contributed by atoms with Crippen LogP contribution in [0.25, 0.3) is 0 Å². The van der Waals surface area contributed by atoms with Crippen LogP contribution < -0.4 is 0 Å². The molecule has 2 unspecified atom stereocenters. The third kappa shape index (κ3) is 2.20. The summed E-state index contributed by atoms with van der Waals surface area (Å²) in [4.78, 5) is 12.4. The van der Waals surface area contributed by atoms with Crippen LogP contribution in [-0.2, 0) is 21.4 Å². The molecule has 1 aromatic carbocycles. The third-order valence-corrected chi connectivity index (χ3v) is 5.79. The number of phenolic OH excluding ortho intramolecular Hbond substituents is 2. The summed E-state index contributed by atoms with van der Waals surface area (Å²) in [5.74, 6) is -0.0649. The summed E-state index contributed by atoms with van der Waals surface area (Å²) in [6.45, 7) is 6.84. The van der Waals surface area contributed by atoms with Crippen LogP contribution >= 0.6 is 0 Å². The molecule has 0 radical (unpaired) electrons. The number of aryl methyl sites for hydroxylation is 1. The largest absolute Gasteiger partial charge is 0.504 e. The van der Waals surface area contributed by atoms with Gasteiger partial charge in [0.2, 0.25) is 0 Å². The van der Waals surface area contributed by atoms with Gasteiger partial charge in [0.05, 0.1) is 5.60 Å². The van der Waals surface area contributed by atoms with E-state index in [1.807, 2.05) is 19.1 Å². The van der Waals surface area contributed by atoms with Crippen molar-refractivity contribution in [2.75, 3.05) is 6.61 Å². The zero-order valence-electron chi connectivity index (χ0n) is 14.6. The Bertz CT molecular complexity index is 691. The number of carbonyl (C=O) groups is 1. The molecule has 3 rings (SSSR count). The molecule has 0 saturated carbocycles. The number of fused-ring (bicyclic) bond motifs is 1. The van der Waals surface area contributed by atoms with Crippen molar-refractivity contribution in [3.05, 3.63) is 35.4 Å². The minimum Gasteiger partial charge on any atom is -0.504 e. The van der Waals surface area contributed by atoms with Gasteiger partial charge in [-0.3, -0.25) is 4.79 Å². The van der Waals surface area contributed by atoms with Gasteiger partial charge in [-0.1, -0.05) is 26.8 Å². The van der Waals surface area contributed by atoms with Crippen LogP contribution in [0, 0.1) is 5.92 Å². The molecule has 1 fully saturated rings. The Morgan fingerprint density at radius 2 is 2.04 bits per heavy atom. The maximum absolute atomic E-state index is 12.4. The molecular formula is C20H26O4. The molecule has 2 atom stereocenters. The van der Waals surface area contributed by atoms with Crippen molar-refractivity contribution in [3.8, 4) is 11.5 Å². The molecular weight excluding hydrogens is 304 g/mol. The van der Waals surface area contributed by atoms with E-state index in [2.05, 4.69) is 13.8 Å². The summed E-state index contributed by atoms with van der Waals surface area (Å²) in [5.41, 5.74) is 0.369. The monoisotopic (exact) mass is 330 g/mol. The van der Waals surface area contributed by atoms with Gasteiger partial charge in [0.15, 0.2) is 17.3 Å². The number of ether oxygens (including phenoxy) is 1. The molecule has 24 heavy (non-hydrogen) atoms. The first kappa shape index (κ1) is 17.0. The lowest BCUT2D eigenvalue weighted by molar-refractivity contribution is -0.147. The van der Waals surface area contributed by atoms with Gasteiger partial charge in [-0.05, 0) is 49.0 Å². The number of hydrogen-bond acceptors (Lipinski definition) is 4. The van der Waals surface area contributed by atoms with Gasteiger partial charge in [-0.15, -0.1) is 0 Å². The maximum atomic E-state index is 12.4. The molecule has 130 valence electrons.